The smallest absolute Gasteiger partial charge is 0.243 e. The number of piperidine rings is 1. The van der Waals surface area contributed by atoms with Gasteiger partial charge in [-0.05, 0) is 55.6 Å². The predicted octanol–water partition coefficient (Wildman–Crippen LogP) is 2.24. The zero-order chi connectivity index (χ0) is 18.9. The first-order valence-electron chi connectivity index (χ1n) is 10.1. The average Bonchev–Trinajstić information content (AvgIpc) is 3.24. The molecule has 1 aromatic rings. The number of sulfonamides is 1. The van der Waals surface area contributed by atoms with E-state index in [0.717, 1.165) is 37.8 Å². The van der Waals surface area contributed by atoms with E-state index in [1.165, 1.54) is 19.3 Å². The third kappa shape index (κ3) is 4.20. The van der Waals surface area contributed by atoms with Crippen molar-refractivity contribution >= 4 is 15.9 Å². The molecular weight excluding hydrogens is 362 g/mol. The largest absolute Gasteiger partial charge is 0.289 e. The lowest BCUT2D eigenvalue weighted by Crippen LogP contribution is -2.44. The maximum atomic E-state index is 12.8. The molecule has 4 rings (SSSR count). The van der Waals surface area contributed by atoms with Crippen LogP contribution in [0.25, 0.3) is 0 Å². The zero-order valence-corrected chi connectivity index (χ0v) is 16.5. The topological polar surface area (TPSA) is 69.7 Å². The maximum absolute atomic E-state index is 12.8. The molecule has 2 aliphatic heterocycles. The Balaban J connectivity index is 1.31. The Bertz CT molecular complexity index is 756. The predicted molar refractivity (Wildman–Crippen MR) is 103 cm³/mol. The summed E-state index contributed by atoms with van der Waals surface area (Å²) in [4.78, 5) is 12.8. The molecule has 3 unspecified atom stereocenters. The summed E-state index contributed by atoms with van der Waals surface area (Å²) in [7, 11) is -3.47. The van der Waals surface area contributed by atoms with Crippen molar-refractivity contribution in [2.75, 3.05) is 26.2 Å². The number of nitrogens with zero attached hydrogens (tertiary/aromatic N) is 2. The van der Waals surface area contributed by atoms with Gasteiger partial charge >= 0.3 is 0 Å². The van der Waals surface area contributed by atoms with Crippen LogP contribution in [0.15, 0.2) is 35.2 Å². The highest BCUT2D eigenvalue weighted by molar-refractivity contribution is 7.89. The second kappa shape index (κ2) is 7.89. The van der Waals surface area contributed by atoms with Crippen LogP contribution in [0.2, 0.25) is 0 Å². The van der Waals surface area contributed by atoms with Crippen LogP contribution in [0.4, 0.5) is 0 Å². The number of hydrogen-bond donors (Lipinski definition) is 1. The summed E-state index contributed by atoms with van der Waals surface area (Å²) < 4.78 is 27.2. The average molecular weight is 392 g/mol. The fourth-order valence-electron chi connectivity index (χ4n) is 4.96. The molecule has 1 aliphatic carbocycles. The number of rotatable bonds is 5. The van der Waals surface area contributed by atoms with E-state index in [1.807, 2.05) is 6.07 Å². The summed E-state index contributed by atoms with van der Waals surface area (Å²) in [5.41, 5.74) is 3.07. The molecule has 3 atom stereocenters. The summed E-state index contributed by atoms with van der Waals surface area (Å²) in [6.45, 7) is 2.89. The Labute approximate surface area is 161 Å². The molecule has 0 radical (unpaired) electrons. The van der Waals surface area contributed by atoms with Crippen molar-refractivity contribution in [1.82, 2.24) is 14.7 Å². The van der Waals surface area contributed by atoms with E-state index < -0.39 is 10.0 Å². The Morgan fingerprint density at radius 2 is 1.70 bits per heavy atom. The lowest BCUT2D eigenvalue weighted by Gasteiger charge is -2.32. The lowest BCUT2D eigenvalue weighted by atomic mass is 9.96. The minimum Gasteiger partial charge on any atom is -0.289 e. The fraction of sp³-hybridized carbons (Fsp3) is 0.650. The molecule has 0 spiro atoms. The van der Waals surface area contributed by atoms with Crippen LogP contribution >= 0.6 is 0 Å². The number of amides is 1. The molecule has 27 heavy (non-hydrogen) atoms. The van der Waals surface area contributed by atoms with Crippen LogP contribution < -0.4 is 5.43 Å². The maximum Gasteiger partial charge on any atom is 0.243 e. The van der Waals surface area contributed by atoms with Gasteiger partial charge in [0.25, 0.3) is 0 Å². The van der Waals surface area contributed by atoms with E-state index in [4.69, 9.17) is 0 Å². The van der Waals surface area contributed by atoms with Gasteiger partial charge in [-0.15, -0.1) is 0 Å². The van der Waals surface area contributed by atoms with Crippen molar-refractivity contribution < 1.29 is 13.2 Å². The van der Waals surface area contributed by atoms with Gasteiger partial charge in [0, 0.05) is 32.6 Å². The Morgan fingerprint density at radius 1 is 1.00 bits per heavy atom. The molecule has 148 valence electrons. The van der Waals surface area contributed by atoms with Gasteiger partial charge in [-0.3, -0.25) is 10.2 Å². The quantitative estimate of drug-likeness (QED) is 0.836. The second-order valence-electron chi connectivity index (χ2n) is 8.28. The summed E-state index contributed by atoms with van der Waals surface area (Å²) in [6, 6.07) is 8.57. The number of benzene rings is 1. The van der Waals surface area contributed by atoms with E-state index in [-0.39, 0.29) is 11.8 Å². The number of nitrogens with one attached hydrogen (secondary N) is 1. The van der Waals surface area contributed by atoms with Crippen LogP contribution in [-0.2, 0) is 14.8 Å². The summed E-state index contributed by atoms with van der Waals surface area (Å²) in [5.74, 6) is 1.59. The number of hydrazine groups is 1. The van der Waals surface area contributed by atoms with Crippen LogP contribution in [0, 0.1) is 17.8 Å². The molecule has 0 bridgehead atoms. The highest BCUT2D eigenvalue weighted by Crippen LogP contribution is 2.37. The van der Waals surface area contributed by atoms with Crippen LogP contribution in [0.1, 0.15) is 38.5 Å². The van der Waals surface area contributed by atoms with E-state index >= 15 is 0 Å². The Hall–Kier alpha value is -1.44. The van der Waals surface area contributed by atoms with Crippen molar-refractivity contribution in [3.63, 3.8) is 0 Å². The van der Waals surface area contributed by atoms with E-state index in [9.17, 15) is 13.2 Å². The van der Waals surface area contributed by atoms with Gasteiger partial charge in [0.15, 0.2) is 0 Å². The molecule has 3 aliphatic rings. The van der Waals surface area contributed by atoms with E-state index in [0.29, 0.717) is 24.4 Å². The molecular formula is C20H29N3O3S. The SMILES string of the molecule is O=C(CC1CCCN(S(=O)(=O)c2ccccc2)C1)NN1CC2CCCC2C1. The third-order valence-electron chi connectivity index (χ3n) is 6.35. The van der Waals surface area contributed by atoms with Crippen molar-refractivity contribution in [2.24, 2.45) is 17.8 Å². The molecule has 2 heterocycles. The third-order valence-corrected chi connectivity index (χ3v) is 8.23. The standard InChI is InChI=1S/C20H29N3O3S/c24-20(21-22-14-17-7-4-8-18(17)15-22)12-16-6-5-11-23(13-16)27(25,26)19-9-2-1-3-10-19/h1-3,9-10,16-18H,4-8,11-15H2,(H,21,24). The highest BCUT2D eigenvalue weighted by atomic mass is 32.2. The fourth-order valence-corrected chi connectivity index (χ4v) is 6.54. The summed E-state index contributed by atoms with van der Waals surface area (Å²) in [5, 5.41) is 2.08. The molecule has 1 aromatic carbocycles. The minimum absolute atomic E-state index is 0.0268. The van der Waals surface area contributed by atoms with Gasteiger partial charge in [0.1, 0.15) is 0 Å². The first kappa shape index (κ1) is 18.9. The summed E-state index contributed by atoms with van der Waals surface area (Å²) >= 11 is 0. The first-order valence-corrected chi connectivity index (χ1v) is 11.6. The van der Waals surface area contributed by atoms with Crippen molar-refractivity contribution in [1.29, 1.82) is 0 Å². The number of fused-ring (bicyclic) bond motifs is 1. The molecule has 1 amide bonds. The van der Waals surface area contributed by atoms with Gasteiger partial charge < -0.3 is 0 Å². The molecule has 1 N–H and O–H groups in total. The number of hydrogen-bond acceptors (Lipinski definition) is 4. The zero-order valence-electron chi connectivity index (χ0n) is 15.7. The Kier molecular flexibility index (Phi) is 5.53. The summed E-state index contributed by atoms with van der Waals surface area (Å²) in [6.07, 6.45) is 5.99. The van der Waals surface area contributed by atoms with Gasteiger partial charge in [-0.25, -0.2) is 13.4 Å². The highest BCUT2D eigenvalue weighted by Gasteiger charge is 2.37. The van der Waals surface area contributed by atoms with Crippen molar-refractivity contribution in [3.8, 4) is 0 Å². The van der Waals surface area contributed by atoms with Crippen molar-refractivity contribution in [3.05, 3.63) is 30.3 Å². The number of carbonyl (C=O) groups excluding carboxylic acids is 1. The molecule has 6 nitrogen and oxygen atoms in total. The molecule has 7 heteroatoms. The van der Waals surface area contributed by atoms with Crippen LogP contribution in [-0.4, -0.2) is 49.8 Å². The van der Waals surface area contributed by atoms with Crippen LogP contribution in [0.5, 0.6) is 0 Å². The second-order valence-corrected chi connectivity index (χ2v) is 10.2. The lowest BCUT2D eigenvalue weighted by molar-refractivity contribution is -0.126. The van der Waals surface area contributed by atoms with E-state index in [1.54, 1.807) is 28.6 Å². The van der Waals surface area contributed by atoms with Crippen LogP contribution in [0.3, 0.4) is 0 Å². The van der Waals surface area contributed by atoms with Gasteiger partial charge in [0.2, 0.25) is 15.9 Å². The monoisotopic (exact) mass is 391 g/mol. The molecule has 0 aromatic heterocycles. The normalized spacial score (nSPS) is 29.6. The number of carbonyl (C=O) groups is 1. The molecule has 2 saturated heterocycles. The van der Waals surface area contributed by atoms with Gasteiger partial charge in [0.05, 0.1) is 4.90 Å². The first-order chi connectivity index (χ1) is 13.0. The molecule has 1 saturated carbocycles. The minimum atomic E-state index is -3.47. The van der Waals surface area contributed by atoms with E-state index in [2.05, 4.69) is 10.4 Å². The Morgan fingerprint density at radius 3 is 2.41 bits per heavy atom. The van der Waals surface area contributed by atoms with Gasteiger partial charge in [-0.2, -0.15) is 4.31 Å². The van der Waals surface area contributed by atoms with Crippen molar-refractivity contribution in [2.45, 2.75) is 43.4 Å². The molecule has 3 fully saturated rings. The van der Waals surface area contributed by atoms with Gasteiger partial charge in [-0.1, -0.05) is 24.6 Å².